The smallest absolute Gasteiger partial charge is 0.360 e. The van der Waals surface area contributed by atoms with Gasteiger partial charge in [0.2, 0.25) is 5.37 Å². The van der Waals surface area contributed by atoms with E-state index >= 15 is 0 Å². The lowest BCUT2D eigenvalue weighted by molar-refractivity contribution is -0.901. The van der Waals surface area contributed by atoms with Crippen LogP contribution < -0.4 is 15.1 Å². The van der Waals surface area contributed by atoms with Crippen molar-refractivity contribution in [3.8, 4) is 0 Å². The summed E-state index contributed by atoms with van der Waals surface area (Å²) in [5.41, 5.74) is -0.139. The number of imide groups is 1. The van der Waals surface area contributed by atoms with Crippen molar-refractivity contribution in [1.29, 1.82) is 0 Å². The molecule has 2 amide bonds. The lowest BCUT2D eigenvalue weighted by atomic mass is 10.1. The molecule has 2 aliphatic heterocycles. The minimum absolute atomic E-state index is 0.289. The van der Waals surface area contributed by atoms with E-state index in [2.05, 4.69) is 5.32 Å². The molecule has 2 N–H and O–H groups in total. The average Bonchev–Trinajstić information content (AvgIpc) is 2.85. The van der Waals surface area contributed by atoms with E-state index in [1.165, 1.54) is 6.07 Å². The molecule has 1 atom stereocenters. The van der Waals surface area contributed by atoms with Gasteiger partial charge in [-0.05, 0) is 18.2 Å². The number of piperazine rings is 1. The first-order valence-corrected chi connectivity index (χ1v) is 8.01. The average molecular weight is 346 g/mol. The van der Waals surface area contributed by atoms with Crippen LogP contribution in [0.2, 0.25) is 0 Å². The number of hydrogen-bond acceptors (Lipinski definition) is 4. The number of amides is 2. The van der Waals surface area contributed by atoms with Crippen molar-refractivity contribution >= 4 is 28.6 Å². The predicted molar refractivity (Wildman–Crippen MR) is 79.3 cm³/mol. The quantitative estimate of drug-likeness (QED) is 0.829. The molecule has 2 saturated heterocycles. The van der Waals surface area contributed by atoms with Crippen molar-refractivity contribution in [2.75, 3.05) is 31.1 Å². The number of hydrogen-bond donors (Lipinski definition) is 2. The summed E-state index contributed by atoms with van der Waals surface area (Å²) in [4.78, 5) is 25.7. The number of rotatable bonds is 2. The number of anilines is 1. The minimum Gasteiger partial charge on any atom is -0.360 e. The Kier molecular flexibility index (Phi) is 4.24. The molecule has 2 heterocycles. The van der Waals surface area contributed by atoms with Crippen LogP contribution in [-0.2, 0) is 11.0 Å². The van der Waals surface area contributed by atoms with Crippen molar-refractivity contribution in [1.82, 2.24) is 5.32 Å². The molecule has 3 rings (SSSR count). The van der Waals surface area contributed by atoms with Crippen LogP contribution in [0.1, 0.15) is 5.56 Å². The standard InChI is InChI=1S/C14H14F3N3O2S/c15-14(16,17)9-2-1-3-10(8-9)19-4-6-20(7-5-19)12-11(21)18-13(22)23-12/h1-3,8,12H,4-7H2,(H,18,21,22)/p+1/t12-/m0/s1. The number of carbonyl (C=O) groups is 2. The van der Waals surface area contributed by atoms with Gasteiger partial charge in [-0.25, -0.2) is 0 Å². The summed E-state index contributed by atoms with van der Waals surface area (Å²) >= 11 is 0.979. The number of thioether (sulfide) groups is 1. The van der Waals surface area contributed by atoms with Gasteiger partial charge in [0.05, 0.1) is 31.7 Å². The molecule has 5 nitrogen and oxygen atoms in total. The number of nitrogens with one attached hydrogen (secondary N) is 2. The number of benzene rings is 1. The minimum atomic E-state index is -4.36. The van der Waals surface area contributed by atoms with E-state index < -0.39 is 17.1 Å². The number of alkyl halides is 3. The largest absolute Gasteiger partial charge is 0.416 e. The van der Waals surface area contributed by atoms with Gasteiger partial charge >= 0.3 is 6.18 Å². The van der Waals surface area contributed by atoms with E-state index in [4.69, 9.17) is 0 Å². The Morgan fingerprint density at radius 2 is 1.91 bits per heavy atom. The van der Waals surface area contributed by atoms with E-state index in [1.807, 2.05) is 4.90 Å². The molecule has 0 aliphatic carbocycles. The highest BCUT2D eigenvalue weighted by molar-refractivity contribution is 8.15. The first-order chi connectivity index (χ1) is 10.8. The monoisotopic (exact) mass is 346 g/mol. The molecule has 124 valence electrons. The predicted octanol–water partition coefficient (Wildman–Crippen LogP) is 0.719. The zero-order chi connectivity index (χ0) is 16.6. The van der Waals surface area contributed by atoms with E-state index in [9.17, 15) is 22.8 Å². The summed E-state index contributed by atoms with van der Waals surface area (Å²) in [7, 11) is 0. The van der Waals surface area contributed by atoms with Gasteiger partial charge in [0, 0.05) is 17.4 Å². The molecule has 0 bridgehead atoms. The van der Waals surface area contributed by atoms with E-state index in [-0.39, 0.29) is 11.1 Å². The lowest BCUT2D eigenvalue weighted by Crippen LogP contribution is -3.18. The fourth-order valence-corrected chi connectivity index (χ4v) is 3.76. The summed E-state index contributed by atoms with van der Waals surface area (Å²) in [6, 6.07) is 5.25. The van der Waals surface area contributed by atoms with Gasteiger partial charge in [0.15, 0.2) is 0 Å². The summed E-state index contributed by atoms with van der Waals surface area (Å²) < 4.78 is 38.3. The van der Waals surface area contributed by atoms with Crippen LogP contribution in [-0.4, -0.2) is 42.7 Å². The van der Waals surface area contributed by atoms with Gasteiger partial charge in [-0.1, -0.05) is 6.07 Å². The van der Waals surface area contributed by atoms with Crippen LogP contribution in [0.5, 0.6) is 0 Å². The highest BCUT2D eigenvalue weighted by atomic mass is 32.2. The van der Waals surface area contributed by atoms with Gasteiger partial charge in [-0.15, -0.1) is 0 Å². The van der Waals surface area contributed by atoms with Crippen molar-refractivity contribution in [2.45, 2.75) is 11.6 Å². The van der Waals surface area contributed by atoms with Crippen molar-refractivity contribution < 1.29 is 27.7 Å². The molecule has 2 fully saturated rings. The van der Waals surface area contributed by atoms with E-state index in [0.717, 1.165) is 28.8 Å². The maximum absolute atomic E-state index is 12.8. The summed E-state index contributed by atoms with van der Waals surface area (Å²) in [5, 5.41) is 1.46. The van der Waals surface area contributed by atoms with Gasteiger partial charge < -0.3 is 9.80 Å². The Bertz CT molecular complexity index is 630. The Hall–Kier alpha value is -1.74. The van der Waals surface area contributed by atoms with Crippen LogP contribution in [0.15, 0.2) is 24.3 Å². The number of carbonyl (C=O) groups excluding carboxylic acids is 2. The van der Waals surface area contributed by atoms with Crippen LogP contribution in [0.4, 0.5) is 23.7 Å². The molecule has 23 heavy (non-hydrogen) atoms. The Morgan fingerprint density at radius 3 is 2.48 bits per heavy atom. The van der Waals surface area contributed by atoms with Gasteiger partial charge in [0.25, 0.3) is 11.1 Å². The summed E-state index contributed by atoms with van der Waals surface area (Å²) in [6.45, 7) is 2.26. The molecule has 0 radical (unpaired) electrons. The Morgan fingerprint density at radius 1 is 1.22 bits per heavy atom. The Labute approximate surface area is 134 Å². The van der Waals surface area contributed by atoms with Gasteiger partial charge in [-0.3, -0.25) is 14.9 Å². The normalized spacial score (nSPS) is 23.3. The lowest BCUT2D eigenvalue weighted by Gasteiger charge is -2.35. The molecule has 0 saturated carbocycles. The number of nitrogens with zero attached hydrogens (tertiary/aromatic N) is 1. The van der Waals surface area contributed by atoms with E-state index in [0.29, 0.717) is 31.9 Å². The first-order valence-electron chi connectivity index (χ1n) is 7.13. The molecule has 2 aliphatic rings. The maximum Gasteiger partial charge on any atom is 0.416 e. The topological polar surface area (TPSA) is 53.9 Å². The van der Waals surface area contributed by atoms with Crippen molar-refractivity contribution in [3.63, 3.8) is 0 Å². The van der Waals surface area contributed by atoms with Crippen LogP contribution in [0.25, 0.3) is 0 Å². The SMILES string of the molecule is O=C1NC(=O)[C@@H]([NH+]2CCN(c3cccc(C(F)(F)F)c3)CC2)S1. The van der Waals surface area contributed by atoms with Crippen LogP contribution >= 0.6 is 11.8 Å². The summed E-state index contributed by atoms with van der Waals surface area (Å²) in [6.07, 6.45) is -4.36. The maximum atomic E-state index is 12.8. The van der Waals surface area contributed by atoms with Gasteiger partial charge in [0.1, 0.15) is 0 Å². The molecular formula is C14H15F3N3O2S+. The fourth-order valence-electron chi connectivity index (χ4n) is 2.82. The molecular weight excluding hydrogens is 331 g/mol. The van der Waals surface area contributed by atoms with Gasteiger partial charge in [-0.2, -0.15) is 13.2 Å². The molecule has 9 heteroatoms. The zero-order valence-electron chi connectivity index (χ0n) is 12.0. The van der Waals surface area contributed by atoms with Crippen LogP contribution in [0.3, 0.4) is 0 Å². The molecule has 0 unspecified atom stereocenters. The first kappa shape index (κ1) is 16.1. The number of halogens is 3. The highest BCUT2D eigenvalue weighted by Gasteiger charge is 2.41. The fraction of sp³-hybridized carbons (Fsp3) is 0.429. The second kappa shape index (κ2) is 6.04. The van der Waals surface area contributed by atoms with Crippen LogP contribution in [0, 0.1) is 0 Å². The second-order valence-corrected chi connectivity index (χ2v) is 6.55. The molecule has 1 aromatic carbocycles. The van der Waals surface area contributed by atoms with Crippen molar-refractivity contribution in [3.05, 3.63) is 29.8 Å². The highest BCUT2D eigenvalue weighted by Crippen LogP contribution is 2.31. The Balaban J connectivity index is 1.65. The second-order valence-electron chi connectivity index (χ2n) is 5.47. The molecule has 0 aromatic heterocycles. The van der Waals surface area contributed by atoms with E-state index in [1.54, 1.807) is 6.07 Å². The molecule has 1 aromatic rings. The zero-order valence-corrected chi connectivity index (χ0v) is 12.8. The third-order valence-corrected chi connectivity index (χ3v) is 5.10. The number of quaternary nitrogens is 1. The summed E-state index contributed by atoms with van der Waals surface area (Å²) in [5.74, 6) is -0.289. The third-order valence-electron chi connectivity index (χ3n) is 4.00. The van der Waals surface area contributed by atoms with Crippen molar-refractivity contribution in [2.24, 2.45) is 0 Å². The third kappa shape index (κ3) is 3.45. The molecule has 0 spiro atoms.